The minimum Gasteiger partial charge on any atom is -0.447 e. The maximum Gasteiger partial charge on any atom is 0.303 e. The second-order valence-electron chi connectivity index (χ2n) is 3.82. The van der Waals surface area contributed by atoms with Crippen LogP contribution in [0, 0.1) is 29.6 Å². The van der Waals surface area contributed by atoms with E-state index >= 15 is 0 Å². The number of fused-ring (bicyclic) bond motifs is 1. The van der Waals surface area contributed by atoms with Gasteiger partial charge in [0.15, 0.2) is 6.10 Å². The van der Waals surface area contributed by atoms with Crippen LogP contribution in [0.2, 0.25) is 0 Å². The number of ether oxygens (including phenoxy) is 1. The molecule has 0 aromatic carbocycles. The number of hydrogen-bond donors (Lipinski definition) is 1. The summed E-state index contributed by atoms with van der Waals surface area (Å²) in [7, 11) is 0. The first-order valence-electron chi connectivity index (χ1n) is 5.30. The summed E-state index contributed by atoms with van der Waals surface area (Å²) in [6.45, 7) is 1.33. The minimum absolute atomic E-state index is 0.0622. The Balaban J connectivity index is 2.21. The fourth-order valence-corrected chi connectivity index (χ4v) is 1.76. The Labute approximate surface area is 99.4 Å². The zero-order valence-electron chi connectivity index (χ0n) is 9.32. The number of β-lactam (4-membered cyclic amide) rings is 1. The van der Waals surface area contributed by atoms with Gasteiger partial charge in [-0.1, -0.05) is 23.7 Å². The minimum atomic E-state index is -0.597. The molecular formula is C13H11NO3. The Morgan fingerprint density at radius 3 is 2.94 bits per heavy atom. The Morgan fingerprint density at radius 2 is 2.24 bits per heavy atom. The second-order valence-corrected chi connectivity index (χ2v) is 3.82. The number of carbonyl (C=O) groups excluding carboxylic acids is 2. The average molecular weight is 229 g/mol. The van der Waals surface area contributed by atoms with Gasteiger partial charge < -0.3 is 10.1 Å². The van der Waals surface area contributed by atoms with Gasteiger partial charge in [-0.25, -0.2) is 0 Å². The lowest BCUT2D eigenvalue weighted by atomic mass is 9.84. The summed E-state index contributed by atoms with van der Waals surface area (Å²) in [5.74, 6) is 10.5. The summed E-state index contributed by atoms with van der Waals surface area (Å²) in [5.41, 5.74) is 0. The van der Waals surface area contributed by atoms with Gasteiger partial charge in [-0.2, -0.15) is 0 Å². The van der Waals surface area contributed by atoms with Gasteiger partial charge in [0.25, 0.3) is 0 Å². The van der Waals surface area contributed by atoms with Gasteiger partial charge >= 0.3 is 5.97 Å². The van der Waals surface area contributed by atoms with Crippen LogP contribution in [0.5, 0.6) is 0 Å². The largest absolute Gasteiger partial charge is 0.447 e. The summed E-state index contributed by atoms with van der Waals surface area (Å²) in [6.07, 6.45) is 3.08. The van der Waals surface area contributed by atoms with E-state index in [1.165, 1.54) is 6.92 Å². The van der Waals surface area contributed by atoms with Gasteiger partial charge in [0, 0.05) is 13.3 Å². The van der Waals surface area contributed by atoms with Crippen molar-refractivity contribution in [1.29, 1.82) is 0 Å². The highest BCUT2D eigenvalue weighted by Crippen LogP contribution is 2.23. The monoisotopic (exact) mass is 229 g/mol. The molecule has 3 unspecified atom stereocenters. The van der Waals surface area contributed by atoms with Crippen LogP contribution in [0.3, 0.4) is 0 Å². The average Bonchev–Trinajstić information content (AvgIpc) is 2.27. The molecule has 86 valence electrons. The van der Waals surface area contributed by atoms with Crippen molar-refractivity contribution in [1.82, 2.24) is 5.32 Å². The fraction of sp³-hybridized carbons (Fsp3) is 0.385. The van der Waals surface area contributed by atoms with E-state index in [1.807, 2.05) is 0 Å². The second kappa shape index (κ2) is 4.76. The molecule has 1 saturated heterocycles. The molecule has 17 heavy (non-hydrogen) atoms. The Kier molecular flexibility index (Phi) is 3.16. The SMILES string of the molecule is CC(=O)OC1C#C/C=C\C#CCC2C(=O)NC12. The molecule has 1 heterocycles. The Morgan fingerprint density at radius 1 is 1.47 bits per heavy atom. The smallest absolute Gasteiger partial charge is 0.303 e. The maximum absolute atomic E-state index is 11.4. The predicted molar refractivity (Wildman–Crippen MR) is 60.3 cm³/mol. The van der Waals surface area contributed by atoms with Crippen molar-refractivity contribution in [3.63, 3.8) is 0 Å². The van der Waals surface area contributed by atoms with Crippen molar-refractivity contribution in [2.24, 2.45) is 5.92 Å². The van der Waals surface area contributed by atoms with Crippen molar-refractivity contribution in [2.45, 2.75) is 25.5 Å². The van der Waals surface area contributed by atoms with E-state index in [0.29, 0.717) is 6.42 Å². The molecule has 1 aliphatic carbocycles. The van der Waals surface area contributed by atoms with E-state index < -0.39 is 12.1 Å². The highest BCUT2D eigenvalue weighted by Gasteiger charge is 2.44. The van der Waals surface area contributed by atoms with Crippen LogP contribution < -0.4 is 5.32 Å². The van der Waals surface area contributed by atoms with Crippen LogP contribution in [0.4, 0.5) is 0 Å². The van der Waals surface area contributed by atoms with Crippen LogP contribution >= 0.6 is 0 Å². The molecule has 2 rings (SSSR count). The van der Waals surface area contributed by atoms with E-state index in [2.05, 4.69) is 29.0 Å². The summed E-state index contributed by atoms with van der Waals surface area (Å²) >= 11 is 0. The zero-order valence-corrected chi connectivity index (χ0v) is 9.32. The molecule has 0 spiro atoms. The molecule has 1 fully saturated rings. The van der Waals surface area contributed by atoms with E-state index in [9.17, 15) is 9.59 Å². The van der Waals surface area contributed by atoms with Crippen molar-refractivity contribution in [3.05, 3.63) is 12.2 Å². The number of hydrogen-bond acceptors (Lipinski definition) is 3. The predicted octanol–water partition coefficient (Wildman–Crippen LogP) is -0.000600. The molecule has 1 amide bonds. The lowest BCUT2D eigenvalue weighted by Gasteiger charge is -2.38. The van der Waals surface area contributed by atoms with Crippen molar-refractivity contribution in [3.8, 4) is 23.7 Å². The lowest BCUT2D eigenvalue weighted by Crippen LogP contribution is -2.63. The van der Waals surface area contributed by atoms with Gasteiger partial charge in [0.2, 0.25) is 5.91 Å². The molecule has 0 saturated carbocycles. The third-order valence-electron chi connectivity index (χ3n) is 2.60. The number of carbonyl (C=O) groups is 2. The topological polar surface area (TPSA) is 55.4 Å². The summed E-state index contributed by atoms with van der Waals surface area (Å²) < 4.78 is 5.10. The lowest BCUT2D eigenvalue weighted by molar-refractivity contribution is -0.152. The van der Waals surface area contributed by atoms with E-state index in [0.717, 1.165) is 0 Å². The molecule has 4 nitrogen and oxygen atoms in total. The Hall–Kier alpha value is -2.20. The summed E-state index contributed by atoms with van der Waals surface area (Å²) in [4.78, 5) is 22.3. The van der Waals surface area contributed by atoms with Crippen molar-refractivity contribution >= 4 is 11.9 Å². The highest BCUT2D eigenvalue weighted by molar-refractivity contribution is 5.86. The van der Waals surface area contributed by atoms with Crippen molar-refractivity contribution in [2.75, 3.05) is 0 Å². The van der Waals surface area contributed by atoms with Crippen molar-refractivity contribution < 1.29 is 14.3 Å². The molecular weight excluding hydrogens is 218 g/mol. The molecule has 0 aromatic rings. The molecule has 0 bridgehead atoms. The highest BCUT2D eigenvalue weighted by atomic mass is 16.5. The molecule has 0 aromatic heterocycles. The maximum atomic E-state index is 11.4. The first-order chi connectivity index (χ1) is 8.18. The first kappa shape index (κ1) is 11.3. The van der Waals surface area contributed by atoms with Crippen LogP contribution in [-0.4, -0.2) is 24.0 Å². The molecule has 1 N–H and O–H groups in total. The van der Waals surface area contributed by atoms with Crippen LogP contribution in [0.15, 0.2) is 12.2 Å². The van der Waals surface area contributed by atoms with E-state index in [-0.39, 0.29) is 17.9 Å². The van der Waals surface area contributed by atoms with Gasteiger partial charge in [-0.3, -0.25) is 9.59 Å². The standard InChI is InChI=1S/C13H11NO3/c1-9(15)17-11-8-6-4-2-3-5-7-10-12(11)14-13(10)16/h2,4,10-12H,7H2,1H3,(H,14,16)/b4-2-. The van der Waals surface area contributed by atoms with Crippen LogP contribution in [0.25, 0.3) is 0 Å². The van der Waals surface area contributed by atoms with Gasteiger partial charge in [0.05, 0.1) is 12.0 Å². The number of allylic oxidation sites excluding steroid dienone is 2. The number of amides is 1. The van der Waals surface area contributed by atoms with Gasteiger partial charge in [-0.15, -0.1) is 0 Å². The summed E-state index contributed by atoms with van der Waals surface area (Å²) in [6, 6.07) is -0.250. The quantitative estimate of drug-likeness (QED) is 0.391. The molecule has 3 atom stereocenters. The van der Waals surface area contributed by atoms with Gasteiger partial charge in [0.1, 0.15) is 0 Å². The number of nitrogens with one attached hydrogen (secondary N) is 1. The molecule has 0 radical (unpaired) electrons. The number of esters is 1. The van der Waals surface area contributed by atoms with Gasteiger partial charge in [-0.05, 0) is 12.2 Å². The third kappa shape index (κ3) is 2.49. The molecule has 2 aliphatic rings. The van der Waals surface area contributed by atoms with Crippen LogP contribution in [0.1, 0.15) is 13.3 Å². The normalized spacial score (nSPS) is 31.1. The third-order valence-corrected chi connectivity index (χ3v) is 2.60. The zero-order chi connectivity index (χ0) is 12.3. The number of rotatable bonds is 1. The molecule has 1 aliphatic heterocycles. The van der Waals surface area contributed by atoms with Crippen LogP contribution in [-0.2, 0) is 14.3 Å². The fourth-order valence-electron chi connectivity index (χ4n) is 1.76. The molecule has 4 heteroatoms. The van der Waals surface area contributed by atoms with E-state index in [1.54, 1.807) is 12.2 Å². The van der Waals surface area contributed by atoms with E-state index in [4.69, 9.17) is 4.74 Å². The summed E-state index contributed by atoms with van der Waals surface area (Å²) in [5, 5.41) is 2.71. The first-order valence-corrected chi connectivity index (χ1v) is 5.30. The Bertz CT molecular complexity index is 498.